The SMILES string of the molecule is C=NC(CCC)C(C)C. The maximum atomic E-state index is 4.03. The zero-order valence-corrected chi connectivity index (χ0v) is 6.72. The van der Waals surface area contributed by atoms with Gasteiger partial charge >= 0.3 is 0 Å². The topological polar surface area (TPSA) is 12.4 Å². The van der Waals surface area contributed by atoms with Crippen LogP contribution in [0.4, 0.5) is 0 Å². The molecule has 1 unspecified atom stereocenters. The highest BCUT2D eigenvalue weighted by molar-refractivity contribution is 5.24. The second-order valence-electron chi connectivity index (χ2n) is 2.78. The Morgan fingerprint density at radius 1 is 1.44 bits per heavy atom. The third kappa shape index (κ3) is 3.28. The monoisotopic (exact) mass is 127 g/mol. The maximum Gasteiger partial charge on any atom is 0.0515 e. The summed E-state index contributed by atoms with van der Waals surface area (Å²) < 4.78 is 0. The van der Waals surface area contributed by atoms with Crippen molar-refractivity contribution in [2.24, 2.45) is 10.9 Å². The van der Waals surface area contributed by atoms with Gasteiger partial charge in [0.2, 0.25) is 0 Å². The lowest BCUT2D eigenvalue weighted by molar-refractivity contribution is 0.464. The van der Waals surface area contributed by atoms with Crippen molar-refractivity contribution in [3.05, 3.63) is 0 Å². The fraction of sp³-hybridized carbons (Fsp3) is 0.875. The van der Waals surface area contributed by atoms with Crippen molar-refractivity contribution in [2.75, 3.05) is 0 Å². The molecule has 0 fully saturated rings. The van der Waals surface area contributed by atoms with E-state index in [0.29, 0.717) is 12.0 Å². The van der Waals surface area contributed by atoms with Gasteiger partial charge in [-0.05, 0) is 19.1 Å². The first-order valence-corrected chi connectivity index (χ1v) is 3.68. The van der Waals surface area contributed by atoms with E-state index < -0.39 is 0 Å². The van der Waals surface area contributed by atoms with Gasteiger partial charge in [0.25, 0.3) is 0 Å². The van der Waals surface area contributed by atoms with E-state index in [1.807, 2.05) is 0 Å². The van der Waals surface area contributed by atoms with Crippen LogP contribution in [-0.4, -0.2) is 12.8 Å². The van der Waals surface area contributed by atoms with Gasteiger partial charge in [-0.15, -0.1) is 0 Å². The molecule has 0 N–H and O–H groups in total. The summed E-state index contributed by atoms with van der Waals surface area (Å²) in [6.07, 6.45) is 2.39. The standard InChI is InChI=1S/C8H17N/c1-5-6-8(9-4)7(2)3/h7-8H,4-6H2,1-3H3. The molecule has 0 radical (unpaired) electrons. The van der Waals surface area contributed by atoms with E-state index >= 15 is 0 Å². The Hall–Kier alpha value is -0.330. The fourth-order valence-electron chi connectivity index (χ4n) is 0.931. The van der Waals surface area contributed by atoms with Gasteiger partial charge in [-0.1, -0.05) is 27.2 Å². The third-order valence-corrected chi connectivity index (χ3v) is 1.59. The Morgan fingerprint density at radius 2 is 2.00 bits per heavy atom. The van der Waals surface area contributed by atoms with Crippen LogP contribution in [0.25, 0.3) is 0 Å². The van der Waals surface area contributed by atoms with Crippen LogP contribution in [0.5, 0.6) is 0 Å². The molecule has 0 bridgehead atoms. The Balaban J connectivity index is 3.54. The number of hydrogen-bond donors (Lipinski definition) is 0. The van der Waals surface area contributed by atoms with Gasteiger partial charge in [0.05, 0.1) is 6.04 Å². The average molecular weight is 127 g/mol. The highest BCUT2D eigenvalue weighted by Gasteiger charge is 2.07. The molecule has 0 heterocycles. The van der Waals surface area contributed by atoms with E-state index in [1.165, 1.54) is 12.8 Å². The first-order valence-electron chi connectivity index (χ1n) is 3.68. The minimum atomic E-state index is 0.481. The van der Waals surface area contributed by atoms with Crippen molar-refractivity contribution in [3.8, 4) is 0 Å². The molecule has 0 saturated carbocycles. The predicted octanol–water partition coefficient (Wildman–Crippen LogP) is 2.51. The molecule has 0 spiro atoms. The molecule has 0 aromatic heterocycles. The van der Waals surface area contributed by atoms with E-state index in [9.17, 15) is 0 Å². The van der Waals surface area contributed by atoms with Crippen LogP contribution in [0.15, 0.2) is 4.99 Å². The summed E-state index contributed by atoms with van der Waals surface area (Å²) in [5, 5.41) is 0. The van der Waals surface area contributed by atoms with Crippen LogP contribution >= 0.6 is 0 Å². The van der Waals surface area contributed by atoms with Crippen molar-refractivity contribution >= 4 is 6.72 Å². The lowest BCUT2D eigenvalue weighted by Gasteiger charge is -2.13. The Labute approximate surface area is 58.2 Å². The molecular weight excluding hydrogens is 110 g/mol. The lowest BCUT2D eigenvalue weighted by atomic mass is 10.0. The summed E-state index contributed by atoms with van der Waals surface area (Å²) in [7, 11) is 0. The van der Waals surface area contributed by atoms with Crippen molar-refractivity contribution in [1.29, 1.82) is 0 Å². The average Bonchev–Trinajstić information content (AvgIpc) is 1.82. The smallest absolute Gasteiger partial charge is 0.0515 e. The van der Waals surface area contributed by atoms with Crippen molar-refractivity contribution in [1.82, 2.24) is 0 Å². The molecular formula is C8H17N. The minimum Gasteiger partial charge on any atom is -0.297 e. The summed E-state index contributed by atoms with van der Waals surface area (Å²) in [6, 6.07) is 0.481. The van der Waals surface area contributed by atoms with Gasteiger partial charge in [-0.25, -0.2) is 0 Å². The Bertz CT molecular complexity index is 76.6. The van der Waals surface area contributed by atoms with Gasteiger partial charge < -0.3 is 0 Å². The van der Waals surface area contributed by atoms with Crippen molar-refractivity contribution in [3.63, 3.8) is 0 Å². The Kier molecular flexibility index (Phi) is 4.37. The van der Waals surface area contributed by atoms with Crippen LogP contribution in [0, 0.1) is 5.92 Å². The molecule has 0 aromatic carbocycles. The summed E-state index contributed by atoms with van der Waals surface area (Å²) in [5.74, 6) is 0.655. The molecule has 0 aromatic rings. The molecule has 1 heteroatoms. The van der Waals surface area contributed by atoms with Gasteiger partial charge in [0.15, 0.2) is 0 Å². The molecule has 0 rings (SSSR count). The normalized spacial score (nSPS) is 13.8. The molecule has 54 valence electrons. The van der Waals surface area contributed by atoms with Crippen molar-refractivity contribution in [2.45, 2.75) is 39.7 Å². The molecule has 1 nitrogen and oxygen atoms in total. The van der Waals surface area contributed by atoms with E-state index in [0.717, 1.165) is 0 Å². The summed E-state index contributed by atoms with van der Waals surface area (Å²) in [5.41, 5.74) is 0. The molecule has 0 aliphatic heterocycles. The zero-order valence-electron chi connectivity index (χ0n) is 6.72. The van der Waals surface area contributed by atoms with Gasteiger partial charge in [0, 0.05) is 0 Å². The van der Waals surface area contributed by atoms with Crippen LogP contribution in [0.2, 0.25) is 0 Å². The third-order valence-electron chi connectivity index (χ3n) is 1.59. The lowest BCUT2D eigenvalue weighted by Crippen LogP contribution is -2.11. The molecule has 0 aliphatic carbocycles. The van der Waals surface area contributed by atoms with E-state index in [1.54, 1.807) is 0 Å². The second-order valence-corrected chi connectivity index (χ2v) is 2.78. The first kappa shape index (κ1) is 8.67. The maximum absolute atomic E-state index is 4.03. The van der Waals surface area contributed by atoms with Crippen LogP contribution in [-0.2, 0) is 0 Å². The largest absolute Gasteiger partial charge is 0.297 e. The molecule has 9 heavy (non-hydrogen) atoms. The fourth-order valence-corrected chi connectivity index (χ4v) is 0.931. The zero-order chi connectivity index (χ0) is 7.28. The number of aliphatic imine (C=N–C) groups is 1. The van der Waals surface area contributed by atoms with E-state index in [4.69, 9.17) is 0 Å². The number of hydrogen-bond acceptors (Lipinski definition) is 1. The molecule has 0 amide bonds. The first-order chi connectivity index (χ1) is 4.22. The summed E-state index contributed by atoms with van der Waals surface area (Å²) in [6.45, 7) is 10.1. The summed E-state index contributed by atoms with van der Waals surface area (Å²) >= 11 is 0. The quantitative estimate of drug-likeness (QED) is 0.514. The van der Waals surface area contributed by atoms with Crippen LogP contribution < -0.4 is 0 Å². The Morgan fingerprint density at radius 3 is 2.11 bits per heavy atom. The van der Waals surface area contributed by atoms with Gasteiger partial charge in [-0.2, -0.15) is 0 Å². The van der Waals surface area contributed by atoms with Gasteiger partial charge in [0.1, 0.15) is 0 Å². The van der Waals surface area contributed by atoms with Gasteiger partial charge in [-0.3, -0.25) is 4.99 Å². The van der Waals surface area contributed by atoms with E-state index in [2.05, 4.69) is 32.5 Å². The molecule has 0 aliphatic rings. The van der Waals surface area contributed by atoms with E-state index in [-0.39, 0.29) is 0 Å². The minimum absolute atomic E-state index is 0.481. The summed E-state index contributed by atoms with van der Waals surface area (Å²) in [4.78, 5) is 4.03. The highest BCUT2D eigenvalue weighted by atomic mass is 14.7. The predicted molar refractivity (Wildman–Crippen MR) is 43.1 cm³/mol. The second kappa shape index (κ2) is 4.54. The highest BCUT2D eigenvalue weighted by Crippen LogP contribution is 2.10. The van der Waals surface area contributed by atoms with Crippen molar-refractivity contribution < 1.29 is 0 Å². The molecule has 0 saturated heterocycles. The molecule has 1 atom stereocenters. The van der Waals surface area contributed by atoms with Crippen LogP contribution in [0.3, 0.4) is 0 Å². The van der Waals surface area contributed by atoms with Crippen LogP contribution in [0.1, 0.15) is 33.6 Å². The number of rotatable bonds is 4. The number of nitrogens with zero attached hydrogens (tertiary/aromatic N) is 1.